The van der Waals surface area contributed by atoms with E-state index in [9.17, 15) is 13.2 Å². The Labute approximate surface area is 151 Å². The Morgan fingerprint density at radius 1 is 1.04 bits per heavy atom. The lowest BCUT2D eigenvalue weighted by Gasteiger charge is -2.25. The normalized spacial score (nSPS) is 16.4. The average Bonchev–Trinajstić information content (AvgIpc) is 2.51. The largest absolute Gasteiger partial charge is 0.376 e. The van der Waals surface area contributed by atoms with Crippen LogP contribution in [0.2, 0.25) is 0 Å². The molecule has 2 rings (SSSR count). The predicted molar refractivity (Wildman–Crippen MR) is 100 cm³/mol. The molecule has 1 aromatic rings. The Morgan fingerprint density at radius 3 is 2.16 bits per heavy atom. The van der Waals surface area contributed by atoms with E-state index in [4.69, 9.17) is 0 Å². The van der Waals surface area contributed by atoms with E-state index in [0.717, 1.165) is 31.6 Å². The number of benzene rings is 1. The third kappa shape index (κ3) is 6.32. The van der Waals surface area contributed by atoms with E-state index in [-0.39, 0.29) is 23.4 Å². The molecule has 1 heterocycles. The summed E-state index contributed by atoms with van der Waals surface area (Å²) in [6, 6.07) is 6.32. The monoisotopic (exact) mass is 367 g/mol. The molecule has 1 fully saturated rings. The van der Waals surface area contributed by atoms with Gasteiger partial charge >= 0.3 is 0 Å². The standard InChI is InChI=1S/C18H29N3O3S/c1-15(2)20-25(23,24)17-10-8-16(9-11-17)19-14-18(22)21-12-6-4-3-5-7-13-21/h8-11,15,19-20H,3-7,12-14H2,1-2H3. The summed E-state index contributed by atoms with van der Waals surface area (Å²) in [5.41, 5.74) is 0.740. The van der Waals surface area contributed by atoms with Gasteiger partial charge in [0, 0.05) is 24.8 Å². The highest BCUT2D eigenvalue weighted by atomic mass is 32.2. The molecule has 1 aromatic carbocycles. The molecule has 2 N–H and O–H groups in total. The maximum absolute atomic E-state index is 12.3. The van der Waals surface area contributed by atoms with Crippen LogP contribution in [-0.2, 0) is 14.8 Å². The highest BCUT2D eigenvalue weighted by molar-refractivity contribution is 7.89. The van der Waals surface area contributed by atoms with Crippen molar-refractivity contribution >= 4 is 21.6 Å². The summed E-state index contributed by atoms with van der Waals surface area (Å²) in [6.45, 7) is 5.46. The Balaban J connectivity index is 1.89. The second-order valence-electron chi connectivity index (χ2n) is 6.80. The molecule has 140 valence electrons. The molecule has 0 saturated carbocycles. The third-order valence-electron chi connectivity index (χ3n) is 4.21. The molecule has 0 bridgehead atoms. The number of hydrogen-bond donors (Lipinski definition) is 2. The smallest absolute Gasteiger partial charge is 0.241 e. The molecule has 0 spiro atoms. The molecule has 6 nitrogen and oxygen atoms in total. The maximum atomic E-state index is 12.3. The van der Waals surface area contributed by atoms with Gasteiger partial charge in [-0.1, -0.05) is 19.3 Å². The molecule has 0 aliphatic carbocycles. The van der Waals surface area contributed by atoms with E-state index < -0.39 is 10.0 Å². The van der Waals surface area contributed by atoms with Crippen molar-refractivity contribution in [1.82, 2.24) is 9.62 Å². The van der Waals surface area contributed by atoms with Crippen molar-refractivity contribution in [1.29, 1.82) is 0 Å². The van der Waals surface area contributed by atoms with Gasteiger partial charge in [0.05, 0.1) is 11.4 Å². The van der Waals surface area contributed by atoms with Crippen LogP contribution in [0.3, 0.4) is 0 Å². The zero-order valence-corrected chi connectivity index (χ0v) is 15.9. The van der Waals surface area contributed by atoms with Crippen LogP contribution in [0, 0.1) is 0 Å². The van der Waals surface area contributed by atoms with Crippen LogP contribution < -0.4 is 10.0 Å². The van der Waals surface area contributed by atoms with Crippen LogP contribution in [0.5, 0.6) is 0 Å². The summed E-state index contributed by atoms with van der Waals surface area (Å²) in [5, 5.41) is 3.09. The number of sulfonamides is 1. The van der Waals surface area contributed by atoms with Crippen molar-refractivity contribution in [3.8, 4) is 0 Å². The Kier molecular flexibility index (Phi) is 7.25. The SMILES string of the molecule is CC(C)NS(=O)(=O)c1ccc(NCC(=O)N2CCCCCCC2)cc1. The van der Waals surface area contributed by atoms with Crippen molar-refractivity contribution in [2.75, 3.05) is 25.0 Å². The lowest BCUT2D eigenvalue weighted by Crippen LogP contribution is -2.37. The van der Waals surface area contributed by atoms with Crippen molar-refractivity contribution in [3.63, 3.8) is 0 Å². The lowest BCUT2D eigenvalue weighted by atomic mass is 10.1. The first-order valence-corrected chi connectivity index (χ1v) is 10.5. The third-order valence-corrected chi connectivity index (χ3v) is 5.88. The molecule has 7 heteroatoms. The molecule has 1 amide bonds. The summed E-state index contributed by atoms with van der Waals surface area (Å²) in [5.74, 6) is 0.0973. The summed E-state index contributed by atoms with van der Waals surface area (Å²) in [4.78, 5) is 14.5. The van der Waals surface area contributed by atoms with Crippen molar-refractivity contribution in [2.45, 2.75) is 56.9 Å². The van der Waals surface area contributed by atoms with Crippen LogP contribution in [0.15, 0.2) is 29.2 Å². The van der Waals surface area contributed by atoms with Gasteiger partial charge in [-0.15, -0.1) is 0 Å². The van der Waals surface area contributed by atoms with Gasteiger partial charge in [0.2, 0.25) is 15.9 Å². The van der Waals surface area contributed by atoms with Crippen LogP contribution in [0.1, 0.15) is 46.0 Å². The van der Waals surface area contributed by atoms with E-state index in [1.807, 2.05) is 4.90 Å². The Bertz CT molecular complexity index is 649. The molecule has 25 heavy (non-hydrogen) atoms. The van der Waals surface area contributed by atoms with Crippen molar-refractivity contribution in [2.24, 2.45) is 0 Å². The van der Waals surface area contributed by atoms with Gasteiger partial charge in [-0.3, -0.25) is 4.79 Å². The van der Waals surface area contributed by atoms with Gasteiger partial charge in [-0.25, -0.2) is 13.1 Å². The molecule has 1 saturated heterocycles. The number of carbonyl (C=O) groups is 1. The maximum Gasteiger partial charge on any atom is 0.241 e. The minimum Gasteiger partial charge on any atom is -0.376 e. The van der Waals surface area contributed by atoms with Gasteiger partial charge < -0.3 is 10.2 Å². The van der Waals surface area contributed by atoms with Crippen molar-refractivity contribution < 1.29 is 13.2 Å². The summed E-state index contributed by atoms with van der Waals surface area (Å²) in [6.07, 6.45) is 5.79. The first-order valence-electron chi connectivity index (χ1n) is 9.02. The zero-order chi connectivity index (χ0) is 18.3. The van der Waals surface area contributed by atoms with E-state index in [1.165, 1.54) is 19.3 Å². The van der Waals surface area contributed by atoms with E-state index in [1.54, 1.807) is 38.1 Å². The van der Waals surface area contributed by atoms with E-state index >= 15 is 0 Å². The fraction of sp³-hybridized carbons (Fsp3) is 0.611. The first-order chi connectivity index (χ1) is 11.9. The molecule has 0 atom stereocenters. The highest BCUT2D eigenvalue weighted by Gasteiger charge is 2.16. The number of rotatable bonds is 6. The van der Waals surface area contributed by atoms with Gasteiger partial charge in [0.25, 0.3) is 0 Å². The van der Waals surface area contributed by atoms with Crippen LogP contribution in [0.25, 0.3) is 0 Å². The van der Waals surface area contributed by atoms with Crippen LogP contribution >= 0.6 is 0 Å². The van der Waals surface area contributed by atoms with Gasteiger partial charge in [0.15, 0.2) is 0 Å². The fourth-order valence-electron chi connectivity index (χ4n) is 2.92. The molecule has 1 aliphatic rings. The topological polar surface area (TPSA) is 78.5 Å². The number of anilines is 1. The van der Waals surface area contributed by atoms with Crippen LogP contribution in [-0.4, -0.2) is 44.9 Å². The molecular weight excluding hydrogens is 338 g/mol. The summed E-state index contributed by atoms with van der Waals surface area (Å²) >= 11 is 0. The number of nitrogens with one attached hydrogen (secondary N) is 2. The number of hydrogen-bond acceptors (Lipinski definition) is 4. The summed E-state index contributed by atoms with van der Waals surface area (Å²) in [7, 11) is -3.49. The van der Waals surface area contributed by atoms with E-state index in [2.05, 4.69) is 10.0 Å². The number of likely N-dealkylation sites (tertiary alicyclic amines) is 1. The molecule has 0 unspecified atom stereocenters. The summed E-state index contributed by atoms with van der Waals surface area (Å²) < 4.78 is 26.7. The fourth-order valence-corrected chi connectivity index (χ4v) is 4.17. The highest BCUT2D eigenvalue weighted by Crippen LogP contribution is 2.15. The molecular formula is C18H29N3O3S. The zero-order valence-electron chi connectivity index (χ0n) is 15.1. The minimum absolute atomic E-state index is 0.0973. The average molecular weight is 368 g/mol. The number of nitrogens with zero attached hydrogens (tertiary/aromatic N) is 1. The second kappa shape index (κ2) is 9.20. The van der Waals surface area contributed by atoms with Gasteiger partial charge in [-0.2, -0.15) is 0 Å². The lowest BCUT2D eigenvalue weighted by molar-refractivity contribution is -0.129. The van der Waals surface area contributed by atoms with Crippen LogP contribution in [0.4, 0.5) is 5.69 Å². The molecule has 1 aliphatic heterocycles. The predicted octanol–water partition coefficient (Wildman–Crippen LogP) is 2.58. The number of carbonyl (C=O) groups excluding carboxylic acids is 1. The van der Waals surface area contributed by atoms with Crippen molar-refractivity contribution in [3.05, 3.63) is 24.3 Å². The Hall–Kier alpha value is -1.60. The quantitative estimate of drug-likeness (QED) is 0.810. The number of amides is 1. The minimum atomic E-state index is -3.49. The molecule has 0 aromatic heterocycles. The van der Waals surface area contributed by atoms with Gasteiger partial charge in [-0.05, 0) is 51.0 Å². The van der Waals surface area contributed by atoms with Gasteiger partial charge in [0.1, 0.15) is 0 Å². The Morgan fingerprint density at radius 2 is 1.60 bits per heavy atom. The second-order valence-corrected chi connectivity index (χ2v) is 8.52. The van der Waals surface area contributed by atoms with E-state index in [0.29, 0.717) is 0 Å². The first kappa shape index (κ1) is 19.7. The molecule has 0 radical (unpaired) electrons.